The SMILES string of the molecule is CNCc1c(CC(=O)O)c2cc(OC)c(Br)cc2n1C(=O)c1ccc(Cl)cc1.Cl. The second kappa shape index (κ2) is 9.63. The van der Waals surface area contributed by atoms with E-state index in [1.807, 2.05) is 0 Å². The third-order valence-corrected chi connectivity index (χ3v) is 5.29. The van der Waals surface area contributed by atoms with E-state index in [-0.39, 0.29) is 24.7 Å². The number of rotatable bonds is 6. The minimum atomic E-state index is -0.975. The molecule has 0 aliphatic heterocycles. The number of aliphatic carboxylic acids is 1. The van der Waals surface area contributed by atoms with E-state index in [2.05, 4.69) is 21.2 Å². The van der Waals surface area contributed by atoms with E-state index in [1.165, 1.54) is 7.11 Å². The van der Waals surface area contributed by atoms with Gasteiger partial charge in [-0.2, -0.15) is 0 Å². The van der Waals surface area contributed by atoms with Crippen molar-refractivity contribution in [2.24, 2.45) is 0 Å². The molecule has 3 aromatic rings. The molecule has 0 amide bonds. The number of methoxy groups -OCH3 is 1. The lowest BCUT2D eigenvalue weighted by Crippen LogP contribution is -2.20. The van der Waals surface area contributed by atoms with Crippen LogP contribution in [0.15, 0.2) is 40.9 Å². The molecule has 0 spiro atoms. The lowest BCUT2D eigenvalue weighted by molar-refractivity contribution is -0.136. The van der Waals surface area contributed by atoms with Gasteiger partial charge in [-0.15, -0.1) is 12.4 Å². The molecule has 154 valence electrons. The Bertz CT molecular complexity index is 1060. The summed E-state index contributed by atoms with van der Waals surface area (Å²) in [6.07, 6.45) is -0.209. The van der Waals surface area contributed by atoms with Crippen LogP contribution in [0.1, 0.15) is 21.6 Å². The Balaban J connectivity index is 0.00000300. The molecule has 0 atom stereocenters. The van der Waals surface area contributed by atoms with Crippen molar-refractivity contribution in [2.75, 3.05) is 14.2 Å². The molecule has 0 unspecified atom stereocenters. The van der Waals surface area contributed by atoms with E-state index in [0.717, 1.165) is 0 Å². The maximum absolute atomic E-state index is 13.3. The quantitative estimate of drug-likeness (QED) is 0.519. The van der Waals surface area contributed by atoms with Gasteiger partial charge in [0.05, 0.1) is 23.5 Å². The van der Waals surface area contributed by atoms with E-state index in [4.69, 9.17) is 16.3 Å². The molecule has 0 bridgehead atoms. The number of hydrogen-bond donors (Lipinski definition) is 2. The number of halogens is 3. The Hall–Kier alpha value is -2.06. The molecule has 0 saturated carbocycles. The molecular weight excluding hydrogens is 483 g/mol. The fourth-order valence-corrected chi connectivity index (χ4v) is 3.84. The molecule has 0 fully saturated rings. The number of carbonyl (C=O) groups excluding carboxylic acids is 1. The molecule has 0 radical (unpaired) electrons. The molecule has 0 saturated heterocycles. The maximum atomic E-state index is 13.3. The molecule has 29 heavy (non-hydrogen) atoms. The number of fused-ring (bicyclic) bond motifs is 1. The molecule has 1 heterocycles. The molecule has 0 aliphatic rings. The summed E-state index contributed by atoms with van der Waals surface area (Å²) in [4.78, 5) is 24.8. The molecule has 0 aliphatic carbocycles. The zero-order valence-corrected chi connectivity index (χ0v) is 18.8. The fourth-order valence-electron chi connectivity index (χ4n) is 3.22. The van der Waals surface area contributed by atoms with Crippen LogP contribution in [-0.4, -0.2) is 35.7 Å². The number of aromatic nitrogens is 1. The number of nitrogens with one attached hydrogen (secondary N) is 1. The van der Waals surface area contributed by atoms with Gasteiger partial charge in [-0.25, -0.2) is 0 Å². The molecule has 1 aromatic heterocycles. The third-order valence-electron chi connectivity index (χ3n) is 4.42. The van der Waals surface area contributed by atoms with Crippen LogP contribution in [0.4, 0.5) is 0 Å². The lowest BCUT2D eigenvalue weighted by atomic mass is 10.1. The minimum absolute atomic E-state index is 0. The average Bonchev–Trinajstić information content (AvgIpc) is 2.93. The summed E-state index contributed by atoms with van der Waals surface area (Å²) in [7, 11) is 3.28. The molecular formula is C20H19BrCl2N2O4. The van der Waals surface area contributed by atoms with E-state index in [0.29, 0.717) is 49.5 Å². The highest BCUT2D eigenvalue weighted by molar-refractivity contribution is 9.10. The Kier molecular flexibility index (Phi) is 7.71. The largest absolute Gasteiger partial charge is 0.496 e. The van der Waals surface area contributed by atoms with Crippen LogP contribution in [0.25, 0.3) is 10.9 Å². The van der Waals surface area contributed by atoms with Gasteiger partial charge in [-0.05, 0) is 64.9 Å². The zero-order valence-electron chi connectivity index (χ0n) is 15.7. The van der Waals surface area contributed by atoms with E-state index in [9.17, 15) is 14.7 Å². The summed E-state index contributed by atoms with van der Waals surface area (Å²) >= 11 is 9.39. The summed E-state index contributed by atoms with van der Waals surface area (Å²) in [6.45, 7) is 0.330. The summed E-state index contributed by atoms with van der Waals surface area (Å²) in [5.41, 5.74) is 2.23. The number of nitrogens with zero attached hydrogens (tertiary/aromatic N) is 1. The molecule has 9 heteroatoms. The van der Waals surface area contributed by atoms with Gasteiger partial charge in [-0.1, -0.05) is 11.6 Å². The number of ether oxygens (including phenoxy) is 1. The first-order valence-electron chi connectivity index (χ1n) is 8.43. The number of carboxylic acid groups (broad SMARTS) is 1. The number of hydrogen-bond acceptors (Lipinski definition) is 4. The fraction of sp³-hybridized carbons (Fsp3) is 0.200. The Morgan fingerprint density at radius 3 is 2.45 bits per heavy atom. The van der Waals surface area contributed by atoms with Crippen LogP contribution in [0.5, 0.6) is 5.75 Å². The van der Waals surface area contributed by atoms with E-state index >= 15 is 0 Å². The van der Waals surface area contributed by atoms with Crippen LogP contribution < -0.4 is 10.1 Å². The standard InChI is InChI=1S/C20H18BrClN2O4.ClH/c1-23-10-17-14(8-19(25)26)13-7-18(28-2)15(21)9-16(13)24(17)20(27)11-3-5-12(22)6-4-11;/h3-7,9,23H,8,10H2,1-2H3,(H,25,26);1H. The van der Waals surface area contributed by atoms with E-state index < -0.39 is 5.97 Å². The second-order valence-corrected chi connectivity index (χ2v) is 7.47. The highest BCUT2D eigenvalue weighted by Crippen LogP contribution is 2.36. The summed E-state index contributed by atoms with van der Waals surface area (Å²) in [6, 6.07) is 10.1. The highest BCUT2D eigenvalue weighted by Gasteiger charge is 2.24. The van der Waals surface area contributed by atoms with Gasteiger partial charge in [0.25, 0.3) is 5.91 Å². The van der Waals surface area contributed by atoms with Crippen molar-refractivity contribution in [3.8, 4) is 5.75 Å². The topological polar surface area (TPSA) is 80.6 Å². The first kappa shape index (κ1) is 23.2. The number of benzene rings is 2. The van der Waals surface area contributed by atoms with Crippen molar-refractivity contribution in [2.45, 2.75) is 13.0 Å². The van der Waals surface area contributed by atoms with Gasteiger partial charge in [0.2, 0.25) is 0 Å². The van der Waals surface area contributed by atoms with Crippen LogP contribution in [0.3, 0.4) is 0 Å². The summed E-state index contributed by atoms with van der Waals surface area (Å²) < 4.78 is 7.58. The predicted octanol–water partition coefficient (Wildman–Crippen LogP) is 4.52. The zero-order chi connectivity index (χ0) is 20.4. The smallest absolute Gasteiger partial charge is 0.307 e. The van der Waals surface area contributed by atoms with Gasteiger partial charge in [0.1, 0.15) is 5.75 Å². The van der Waals surface area contributed by atoms with Gasteiger partial charge in [-0.3, -0.25) is 14.2 Å². The highest BCUT2D eigenvalue weighted by atomic mass is 79.9. The second-order valence-electron chi connectivity index (χ2n) is 6.18. The summed E-state index contributed by atoms with van der Waals surface area (Å²) in [5.74, 6) is -0.677. The van der Waals surface area contributed by atoms with Crippen molar-refractivity contribution in [1.29, 1.82) is 0 Å². The molecule has 2 N–H and O–H groups in total. The maximum Gasteiger partial charge on any atom is 0.307 e. The van der Waals surface area contributed by atoms with Crippen LogP contribution >= 0.6 is 39.9 Å². The molecule has 6 nitrogen and oxygen atoms in total. The van der Waals surface area contributed by atoms with Crippen molar-refractivity contribution < 1.29 is 19.4 Å². The van der Waals surface area contributed by atoms with Crippen molar-refractivity contribution in [1.82, 2.24) is 9.88 Å². The lowest BCUT2D eigenvalue weighted by Gasteiger charge is -2.11. The monoisotopic (exact) mass is 500 g/mol. The minimum Gasteiger partial charge on any atom is -0.496 e. The average molecular weight is 502 g/mol. The first-order valence-corrected chi connectivity index (χ1v) is 9.60. The third kappa shape index (κ3) is 4.59. The van der Waals surface area contributed by atoms with Gasteiger partial charge in [0, 0.05) is 28.2 Å². The van der Waals surface area contributed by atoms with Crippen LogP contribution in [-0.2, 0) is 17.8 Å². The number of carboxylic acids is 1. The van der Waals surface area contributed by atoms with Crippen molar-refractivity contribution >= 4 is 62.7 Å². The van der Waals surface area contributed by atoms with Gasteiger partial charge in [0.15, 0.2) is 0 Å². The first-order chi connectivity index (χ1) is 13.4. The molecule has 2 aromatic carbocycles. The van der Waals surface area contributed by atoms with Crippen LogP contribution in [0.2, 0.25) is 5.02 Å². The van der Waals surface area contributed by atoms with Crippen LogP contribution in [0, 0.1) is 0 Å². The van der Waals surface area contributed by atoms with Crippen molar-refractivity contribution in [3.63, 3.8) is 0 Å². The summed E-state index contributed by atoms with van der Waals surface area (Å²) in [5, 5.41) is 13.6. The van der Waals surface area contributed by atoms with Crippen molar-refractivity contribution in [3.05, 3.63) is 62.7 Å². The van der Waals surface area contributed by atoms with Gasteiger partial charge < -0.3 is 15.2 Å². The predicted molar refractivity (Wildman–Crippen MR) is 119 cm³/mol. The normalized spacial score (nSPS) is 10.6. The Morgan fingerprint density at radius 1 is 1.24 bits per heavy atom. The van der Waals surface area contributed by atoms with Gasteiger partial charge >= 0.3 is 5.97 Å². The van der Waals surface area contributed by atoms with E-state index in [1.54, 1.807) is 48.0 Å². The Morgan fingerprint density at radius 2 is 1.90 bits per heavy atom. The Labute approximate surface area is 187 Å². The molecule has 3 rings (SSSR count). The number of carbonyl (C=O) groups is 2.